The number of nitrogens with zero attached hydrogens (tertiary/aromatic N) is 2. The second-order valence-corrected chi connectivity index (χ2v) is 8.24. The molecule has 1 aromatic heterocycles. The molecular weight excluding hydrogens is 448 g/mol. The Hall–Kier alpha value is -4.12. The Morgan fingerprint density at radius 1 is 1.09 bits per heavy atom. The number of nitro benzene ring substituents is 2. The summed E-state index contributed by atoms with van der Waals surface area (Å²) in [5.41, 5.74) is 1.00. The molecule has 1 amide bonds. The third-order valence-corrected chi connectivity index (χ3v) is 5.97. The Labute approximate surface area is 192 Å². The number of non-ortho nitro benzene ring substituents is 1. The summed E-state index contributed by atoms with van der Waals surface area (Å²) in [5.74, 6) is 0.211. The summed E-state index contributed by atoms with van der Waals surface area (Å²) in [5, 5.41) is 28.4. The lowest BCUT2D eigenvalue weighted by atomic mass is 10.1. The van der Waals surface area contributed by atoms with E-state index in [0.717, 1.165) is 18.2 Å². The van der Waals surface area contributed by atoms with Crippen LogP contribution < -0.4 is 10.6 Å². The maximum absolute atomic E-state index is 12.4. The van der Waals surface area contributed by atoms with Gasteiger partial charge in [0.1, 0.15) is 11.5 Å². The highest BCUT2D eigenvalue weighted by atomic mass is 32.2. The van der Waals surface area contributed by atoms with Crippen molar-refractivity contribution in [2.75, 3.05) is 5.32 Å². The van der Waals surface area contributed by atoms with Crippen LogP contribution in [0, 0.1) is 20.2 Å². The number of furan rings is 1. The van der Waals surface area contributed by atoms with Crippen molar-refractivity contribution in [3.8, 4) is 11.3 Å². The van der Waals surface area contributed by atoms with E-state index >= 15 is 0 Å². The maximum atomic E-state index is 12.4. The number of thioether (sulfide) groups is 1. The first-order valence-electron chi connectivity index (χ1n) is 9.92. The fourth-order valence-corrected chi connectivity index (χ4v) is 4.22. The molecule has 33 heavy (non-hydrogen) atoms. The van der Waals surface area contributed by atoms with Crippen LogP contribution in [0.1, 0.15) is 18.2 Å². The summed E-state index contributed by atoms with van der Waals surface area (Å²) in [6.07, 6.45) is 2.48. The van der Waals surface area contributed by atoms with Gasteiger partial charge in [0.15, 0.2) is 5.50 Å². The average molecular weight is 466 g/mol. The van der Waals surface area contributed by atoms with Gasteiger partial charge < -0.3 is 15.1 Å². The molecule has 0 saturated carbocycles. The van der Waals surface area contributed by atoms with Crippen LogP contribution >= 0.6 is 11.8 Å². The molecule has 1 aliphatic rings. The minimum atomic E-state index is -0.702. The number of nitrogens with one attached hydrogen (secondary N) is 2. The van der Waals surface area contributed by atoms with Crippen LogP contribution in [0.15, 0.2) is 63.9 Å². The number of benzene rings is 2. The van der Waals surface area contributed by atoms with Crippen molar-refractivity contribution in [2.24, 2.45) is 0 Å². The summed E-state index contributed by atoms with van der Waals surface area (Å²) in [4.78, 5) is 33.7. The van der Waals surface area contributed by atoms with Crippen LogP contribution in [0.4, 0.5) is 17.1 Å². The van der Waals surface area contributed by atoms with Gasteiger partial charge in [0.05, 0.1) is 26.4 Å². The Balaban J connectivity index is 1.52. The molecule has 0 radical (unpaired) electrons. The molecule has 3 aromatic rings. The number of hydrogen-bond donors (Lipinski definition) is 2. The molecule has 168 valence electrons. The van der Waals surface area contributed by atoms with Crippen molar-refractivity contribution in [2.45, 2.75) is 18.8 Å². The molecule has 2 aromatic carbocycles. The largest absolute Gasteiger partial charge is 0.456 e. The van der Waals surface area contributed by atoms with Gasteiger partial charge in [-0.05, 0) is 42.3 Å². The lowest BCUT2D eigenvalue weighted by Crippen LogP contribution is -2.30. The van der Waals surface area contributed by atoms with E-state index < -0.39 is 15.5 Å². The maximum Gasteiger partial charge on any atom is 0.287 e. The molecule has 11 heteroatoms. The van der Waals surface area contributed by atoms with Gasteiger partial charge >= 0.3 is 0 Å². The van der Waals surface area contributed by atoms with E-state index in [2.05, 4.69) is 17.6 Å². The van der Waals surface area contributed by atoms with E-state index in [9.17, 15) is 25.0 Å². The Bertz CT molecular complexity index is 1270. The third kappa shape index (κ3) is 4.88. The number of amides is 1. The van der Waals surface area contributed by atoms with Crippen LogP contribution in [-0.4, -0.2) is 21.3 Å². The summed E-state index contributed by atoms with van der Waals surface area (Å²) in [7, 11) is 0. The molecule has 4 rings (SSSR count). The molecule has 1 atom stereocenters. The number of nitro groups is 2. The van der Waals surface area contributed by atoms with Crippen LogP contribution in [0.3, 0.4) is 0 Å². The average Bonchev–Trinajstić information content (AvgIpc) is 3.40. The second-order valence-electron chi connectivity index (χ2n) is 7.09. The molecule has 0 unspecified atom stereocenters. The molecule has 1 fully saturated rings. The zero-order chi connectivity index (χ0) is 23.5. The van der Waals surface area contributed by atoms with Gasteiger partial charge in [-0.15, -0.1) is 0 Å². The molecule has 1 saturated heterocycles. The van der Waals surface area contributed by atoms with Crippen molar-refractivity contribution >= 4 is 40.8 Å². The SMILES string of the molecule is CCc1ccc(N[C@@H]2NC(=O)/C(=C/c3ccc(-c4ccc([N+](=O)[O-])cc4[N+](=O)[O-])o3)S2)cc1. The normalized spacial score (nSPS) is 16.6. The molecule has 10 nitrogen and oxygen atoms in total. The number of anilines is 1. The van der Waals surface area contributed by atoms with Gasteiger partial charge in [-0.1, -0.05) is 30.8 Å². The summed E-state index contributed by atoms with van der Waals surface area (Å²) >= 11 is 1.28. The van der Waals surface area contributed by atoms with Crippen molar-refractivity contribution in [3.05, 3.63) is 91.1 Å². The Kier molecular flexibility index (Phi) is 6.13. The summed E-state index contributed by atoms with van der Waals surface area (Å²) in [6.45, 7) is 2.08. The van der Waals surface area contributed by atoms with Gasteiger partial charge in [-0.3, -0.25) is 25.0 Å². The van der Waals surface area contributed by atoms with E-state index in [-0.39, 0.29) is 28.4 Å². The number of carbonyl (C=O) groups is 1. The van der Waals surface area contributed by atoms with Crippen molar-refractivity contribution in [1.82, 2.24) is 5.32 Å². The summed E-state index contributed by atoms with van der Waals surface area (Å²) < 4.78 is 5.69. The van der Waals surface area contributed by atoms with E-state index in [0.29, 0.717) is 10.7 Å². The minimum absolute atomic E-state index is 0.105. The van der Waals surface area contributed by atoms with Gasteiger partial charge in [-0.25, -0.2) is 0 Å². The first kappa shape index (κ1) is 22.1. The van der Waals surface area contributed by atoms with Gasteiger partial charge in [0, 0.05) is 17.8 Å². The quantitative estimate of drug-likeness (QED) is 0.284. The van der Waals surface area contributed by atoms with E-state index in [1.54, 1.807) is 12.1 Å². The smallest absolute Gasteiger partial charge is 0.287 e. The number of aryl methyl sites for hydroxylation is 1. The fourth-order valence-electron chi connectivity index (χ4n) is 3.25. The van der Waals surface area contributed by atoms with Crippen molar-refractivity contribution < 1.29 is 19.1 Å². The van der Waals surface area contributed by atoms with Gasteiger partial charge in [-0.2, -0.15) is 0 Å². The zero-order valence-electron chi connectivity index (χ0n) is 17.3. The van der Waals surface area contributed by atoms with E-state index in [4.69, 9.17) is 4.42 Å². The first-order valence-corrected chi connectivity index (χ1v) is 10.8. The predicted molar refractivity (Wildman–Crippen MR) is 124 cm³/mol. The van der Waals surface area contributed by atoms with Crippen molar-refractivity contribution in [3.63, 3.8) is 0 Å². The van der Waals surface area contributed by atoms with Crippen LogP contribution in [-0.2, 0) is 11.2 Å². The van der Waals surface area contributed by atoms with E-state index in [1.165, 1.54) is 35.5 Å². The minimum Gasteiger partial charge on any atom is -0.456 e. The van der Waals surface area contributed by atoms with E-state index in [1.807, 2.05) is 24.3 Å². The standard InChI is InChI=1S/C22H18N4O6S/c1-2-13-3-5-14(6-4-13)23-22-24-21(27)20(33-22)12-16-8-10-19(32-16)17-9-7-15(25(28)29)11-18(17)26(30)31/h3-12,22-23H,2H2,1H3,(H,24,27)/b20-12-/t22-/m1/s1. The number of hydrogen-bond acceptors (Lipinski definition) is 8. The molecular formula is C22H18N4O6S. The lowest BCUT2D eigenvalue weighted by Gasteiger charge is -2.12. The number of carbonyl (C=O) groups excluding carboxylic acids is 1. The lowest BCUT2D eigenvalue weighted by molar-refractivity contribution is -0.393. The molecule has 0 spiro atoms. The highest BCUT2D eigenvalue weighted by molar-refractivity contribution is 8.05. The van der Waals surface area contributed by atoms with Crippen LogP contribution in [0.25, 0.3) is 17.4 Å². The monoisotopic (exact) mass is 466 g/mol. The van der Waals surface area contributed by atoms with Crippen LogP contribution in [0.2, 0.25) is 0 Å². The molecule has 0 aliphatic carbocycles. The predicted octanol–water partition coefficient (Wildman–Crippen LogP) is 4.93. The topological polar surface area (TPSA) is 141 Å². The van der Waals surface area contributed by atoms with Crippen molar-refractivity contribution in [1.29, 1.82) is 0 Å². The highest BCUT2D eigenvalue weighted by Gasteiger charge is 2.28. The molecule has 2 heterocycles. The van der Waals surface area contributed by atoms with Crippen LogP contribution in [0.5, 0.6) is 0 Å². The molecule has 0 bridgehead atoms. The third-order valence-electron chi connectivity index (χ3n) is 4.95. The summed E-state index contributed by atoms with van der Waals surface area (Å²) in [6, 6.07) is 14.4. The second kappa shape index (κ2) is 9.17. The molecule has 1 aliphatic heterocycles. The van der Waals surface area contributed by atoms with Gasteiger partial charge in [0.25, 0.3) is 17.3 Å². The number of rotatable bonds is 7. The fraction of sp³-hybridized carbons (Fsp3) is 0.136. The highest BCUT2D eigenvalue weighted by Crippen LogP contribution is 2.36. The molecule has 2 N–H and O–H groups in total. The zero-order valence-corrected chi connectivity index (χ0v) is 18.1. The van der Waals surface area contributed by atoms with Gasteiger partial charge in [0.2, 0.25) is 0 Å². The Morgan fingerprint density at radius 2 is 1.85 bits per heavy atom. The Morgan fingerprint density at radius 3 is 2.52 bits per heavy atom. The first-order chi connectivity index (χ1) is 15.8.